The van der Waals surface area contributed by atoms with E-state index in [4.69, 9.17) is 4.98 Å². The summed E-state index contributed by atoms with van der Waals surface area (Å²) in [6.45, 7) is 3.34. The molecular formula is C26H22IN3. The van der Waals surface area contributed by atoms with Gasteiger partial charge in [-0.05, 0) is 95.5 Å². The second-order valence-corrected chi connectivity index (χ2v) is 9.73. The molecule has 4 heteroatoms. The van der Waals surface area contributed by atoms with Crippen molar-refractivity contribution in [1.29, 1.82) is 0 Å². The third kappa shape index (κ3) is 2.96. The Balaban J connectivity index is 1.48. The number of rotatable bonds is 2. The van der Waals surface area contributed by atoms with E-state index in [9.17, 15) is 0 Å². The van der Waals surface area contributed by atoms with E-state index < -0.39 is 0 Å². The average molecular weight is 503 g/mol. The number of nitrogens with zero attached hydrogens (tertiary/aromatic N) is 3. The molecule has 0 unspecified atom stereocenters. The molecule has 0 atom stereocenters. The largest absolute Gasteiger partial charge is 0.299 e. The Morgan fingerprint density at radius 1 is 0.867 bits per heavy atom. The van der Waals surface area contributed by atoms with Crippen molar-refractivity contribution >= 4 is 33.6 Å². The summed E-state index contributed by atoms with van der Waals surface area (Å²) in [5.74, 6) is 0. The van der Waals surface area contributed by atoms with Gasteiger partial charge in [0.1, 0.15) is 0 Å². The summed E-state index contributed by atoms with van der Waals surface area (Å²) < 4.78 is 1.30. The monoisotopic (exact) mass is 503 g/mol. The van der Waals surface area contributed by atoms with Crippen LogP contribution in [0, 0.1) is 3.57 Å². The normalized spacial score (nSPS) is 22.6. The van der Waals surface area contributed by atoms with Crippen LogP contribution < -0.4 is 0 Å². The molecule has 1 fully saturated rings. The molecule has 4 aromatic rings. The average Bonchev–Trinajstić information content (AvgIpc) is 3.05. The van der Waals surface area contributed by atoms with Crippen LogP contribution in [0.2, 0.25) is 0 Å². The van der Waals surface area contributed by atoms with Gasteiger partial charge in [0, 0.05) is 21.1 Å². The summed E-state index contributed by atoms with van der Waals surface area (Å²) in [4.78, 5) is 12.1. The molecular weight excluding hydrogens is 481 g/mol. The minimum atomic E-state index is 0.125. The Morgan fingerprint density at radius 3 is 2.43 bits per heavy atom. The Hall–Kier alpha value is -2.31. The highest BCUT2D eigenvalue weighted by Crippen LogP contribution is 2.47. The molecule has 30 heavy (non-hydrogen) atoms. The van der Waals surface area contributed by atoms with Gasteiger partial charge in [-0.2, -0.15) is 0 Å². The summed E-state index contributed by atoms with van der Waals surface area (Å²) in [5, 5.41) is 0. The molecule has 1 saturated heterocycles. The van der Waals surface area contributed by atoms with E-state index >= 15 is 0 Å². The second kappa shape index (κ2) is 7.13. The highest BCUT2D eigenvalue weighted by Gasteiger charge is 2.42. The van der Waals surface area contributed by atoms with E-state index in [0.29, 0.717) is 0 Å². The summed E-state index contributed by atoms with van der Waals surface area (Å²) in [5.41, 5.74) is 8.53. The van der Waals surface area contributed by atoms with Gasteiger partial charge in [0.05, 0.1) is 22.9 Å². The van der Waals surface area contributed by atoms with E-state index in [-0.39, 0.29) is 5.41 Å². The molecule has 0 amide bonds. The SMILES string of the molecule is Ic1ccc(C23CCN(CC2)Cc2cc(-c4cnc5ccccc5n4)ccc23)cc1. The lowest BCUT2D eigenvalue weighted by atomic mass is 9.68. The van der Waals surface area contributed by atoms with Crippen molar-refractivity contribution in [3.05, 3.63) is 93.2 Å². The maximum atomic E-state index is 4.88. The lowest BCUT2D eigenvalue weighted by Crippen LogP contribution is -2.39. The highest BCUT2D eigenvalue weighted by molar-refractivity contribution is 14.1. The molecule has 0 radical (unpaired) electrons. The molecule has 1 aromatic heterocycles. The maximum Gasteiger partial charge on any atom is 0.0894 e. The summed E-state index contributed by atoms with van der Waals surface area (Å²) in [7, 11) is 0. The Bertz CT molecular complexity index is 1240. The highest BCUT2D eigenvalue weighted by atomic mass is 127. The van der Waals surface area contributed by atoms with Gasteiger partial charge < -0.3 is 0 Å². The van der Waals surface area contributed by atoms with Crippen molar-refractivity contribution in [2.45, 2.75) is 24.8 Å². The van der Waals surface area contributed by atoms with Crippen molar-refractivity contribution in [2.75, 3.05) is 13.1 Å². The first-order valence-electron chi connectivity index (χ1n) is 10.6. The van der Waals surface area contributed by atoms with Gasteiger partial charge in [0.2, 0.25) is 0 Å². The molecule has 4 heterocycles. The number of para-hydroxylation sites is 2. The number of benzene rings is 3. The Labute approximate surface area is 190 Å². The summed E-state index contributed by atoms with van der Waals surface area (Å²) in [6, 6.07) is 24.2. The van der Waals surface area contributed by atoms with Crippen LogP contribution in [0.25, 0.3) is 22.3 Å². The zero-order valence-electron chi connectivity index (χ0n) is 16.7. The van der Waals surface area contributed by atoms with Crippen molar-refractivity contribution in [1.82, 2.24) is 14.9 Å². The summed E-state index contributed by atoms with van der Waals surface area (Å²) >= 11 is 2.40. The molecule has 3 aliphatic rings. The van der Waals surface area contributed by atoms with E-state index in [0.717, 1.165) is 41.9 Å². The van der Waals surface area contributed by atoms with Crippen LogP contribution >= 0.6 is 22.6 Å². The lowest BCUT2D eigenvalue weighted by molar-refractivity contribution is 0.190. The third-order valence-corrected chi connectivity index (χ3v) is 7.58. The fourth-order valence-corrected chi connectivity index (χ4v) is 5.62. The number of piperidine rings is 1. The molecule has 0 saturated carbocycles. The van der Waals surface area contributed by atoms with Crippen molar-refractivity contribution in [2.24, 2.45) is 0 Å². The quantitative estimate of drug-likeness (QED) is 0.324. The molecule has 7 rings (SSSR count). The Morgan fingerprint density at radius 2 is 1.63 bits per heavy atom. The summed E-state index contributed by atoms with van der Waals surface area (Å²) in [6.07, 6.45) is 4.29. The third-order valence-electron chi connectivity index (χ3n) is 6.87. The topological polar surface area (TPSA) is 29.0 Å². The molecule has 0 N–H and O–H groups in total. The van der Waals surface area contributed by atoms with Crippen molar-refractivity contribution in [3.63, 3.8) is 0 Å². The molecule has 3 aliphatic heterocycles. The van der Waals surface area contributed by atoms with Crippen molar-refractivity contribution in [3.8, 4) is 11.3 Å². The Kier molecular flexibility index (Phi) is 4.39. The van der Waals surface area contributed by atoms with E-state index in [1.165, 1.54) is 33.1 Å². The van der Waals surface area contributed by atoms with Gasteiger partial charge in [-0.15, -0.1) is 0 Å². The van der Waals surface area contributed by atoms with Crippen LogP contribution in [0.5, 0.6) is 0 Å². The van der Waals surface area contributed by atoms with E-state index in [2.05, 4.69) is 74.9 Å². The predicted molar refractivity (Wildman–Crippen MR) is 129 cm³/mol. The molecule has 0 aliphatic carbocycles. The molecule has 148 valence electrons. The van der Waals surface area contributed by atoms with Crippen LogP contribution in [0.15, 0.2) is 72.9 Å². The van der Waals surface area contributed by atoms with Crippen LogP contribution in [-0.2, 0) is 12.0 Å². The number of fused-ring (bicyclic) bond motifs is 3. The lowest BCUT2D eigenvalue weighted by Gasteiger charge is -2.39. The van der Waals surface area contributed by atoms with E-state index in [1.807, 2.05) is 30.5 Å². The first kappa shape index (κ1) is 18.5. The minimum absolute atomic E-state index is 0.125. The first-order valence-corrected chi connectivity index (χ1v) is 11.6. The fraction of sp³-hybridized carbons (Fsp3) is 0.231. The number of aromatic nitrogens is 2. The molecule has 2 bridgehead atoms. The van der Waals surface area contributed by atoms with Crippen LogP contribution in [0.4, 0.5) is 0 Å². The number of hydrogen-bond acceptors (Lipinski definition) is 3. The molecule has 3 nitrogen and oxygen atoms in total. The molecule has 0 spiro atoms. The van der Waals surface area contributed by atoms with Crippen LogP contribution in [0.3, 0.4) is 0 Å². The van der Waals surface area contributed by atoms with Crippen molar-refractivity contribution < 1.29 is 0 Å². The standard InChI is InChI=1S/C26H22IN3/c27-21-8-6-20(7-9-21)26-11-13-30(14-12-26)17-19-15-18(5-10-22(19)26)25-16-28-23-3-1-2-4-24(23)29-25/h1-10,15-16H,11-14,17H2. The number of hydrogen-bond donors (Lipinski definition) is 0. The first-order chi connectivity index (χ1) is 14.7. The van der Waals surface area contributed by atoms with Gasteiger partial charge in [-0.1, -0.05) is 36.4 Å². The van der Waals surface area contributed by atoms with Gasteiger partial charge in [0.25, 0.3) is 0 Å². The minimum Gasteiger partial charge on any atom is -0.299 e. The second-order valence-electron chi connectivity index (χ2n) is 8.48. The van der Waals surface area contributed by atoms with Gasteiger partial charge in [-0.25, -0.2) is 4.98 Å². The van der Waals surface area contributed by atoms with Gasteiger partial charge in [-0.3, -0.25) is 9.88 Å². The smallest absolute Gasteiger partial charge is 0.0894 e. The molecule has 3 aromatic carbocycles. The van der Waals surface area contributed by atoms with Gasteiger partial charge >= 0.3 is 0 Å². The van der Waals surface area contributed by atoms with Gasteiger partial charge in [0.15, 0.2) is 0 Å². The maximum absolute atomic E-state index is 4.88. The zero-order chi connectivity index (χ0) is 20.1. The number of halogens is 1. The predicted octanol–water partition coefficient (Wildman–Crippen LogP) is 5.80. The van der Waals surface area contributed by atoms with Crippen LogP contribution in [-0.4, -0.2) is 28.0 Å². The van der Waals surface area contributed by atoms with Crippen LogP contribution in [0.1, 0.15) is 29.5 Å². The van der Waals surface area contributed by atoms with E-state index in [1.54, 1.807) is 0 Å². The fourth-order valence-electron chi connectivity index (χ4n) is 5.26. The zero-order valence-corrected chi connectivity index (χ0v) is 18.8.